The SMILES string of the molecule is CCn1cnc(Cl)c1OC1CCNCC1. The number of aromatic nitrogens is 2. The van der Waals surface area contributed by atoms with E-state index < -0.39 is 0 Å². The molecule has 2 heterocycles. The lowest BCUT2D eigenvalue weighted by Crippen LogP contribution is -2.34. The molecule has 1 fully saturated rings. The molecule has 0 aromatic carbocycles. The third-order valence-corrected chi connectivity index (χ3v) is 2.91. The average Bonchev–Trinajstić information content (AvgIpc) is 2.62. The molecular formula is C10H16ClN3O. The van der Waals surface area contributed by atoms with E-state index >= 15 is 0 Å². The Morgan fingerprint density at radius 3 is 3.00 bits per heavy atom. The molecule has 15 heavy (non-hydrogen) atoms. The van der Waals surface area contributed by atoms with Gasteiger partial charge in [-0.2, -0.15) is 0 Å². The van der Waals surface area contributed by atoms with Crippen LogP contribution in [0.4, 0.5) is 0 Å². The number of ether oxygens (including phenoxy) is 1. The van der Waals surface area contributed by atoms with Crippen molar-refractivity contribution < 1.29 is 4.74 Å². The molecule has 1 aliphatic heterocycles. The van der Waals surface area contributed by atoms with Crippen molar-refractivity contribution in [1.29, 1.82) is 0 Å². The van der Waals surface area contributed by atoms with E-state index in [4.69, 9.17) is 16.3 Å². The van der Waals surface area contributed by atoms with E-state index in [2.05, 4.69) is 10.3 Å². The first-order chi connectivity index (χ1) is 7.31. The molecule has 1 aliphatic rings. The summed E-state index contributed by atoms with van der Waals surface area (Å²) >= 11 is 5.97. The molecule has 0 amide bonds. The first kappa shape index (κ1) is 10.8. The quantitative estimate of drug-likeness (QED) is 0.858. The van der Waals surface area contributed by atoms with E-state index in [0.29, 0.717) is 11.0 Å². The lowest BCUT2D eigenvalue weighted by atomic mass is 10.1. The van der Waals surface area contributed by atoms with Crippen LogP contribution in [-0.2, 0) is 6.54 Å². The van der Waals surface area contributed by atoms with Crippen LogP contribution >= 0.6 is 11.6 Å². The van der Waals surface area contributed by atoms with Crippen LogP contribution in [0.15, 0.2) is 6.33 Å². The largest absolute Gasteiger partial charge is 0.473 e. The minimum Gasteiger partial charge on any atom is -0.473 e. The number of hydrogen-bond donors (Lipinski definition) is 1. The van der Waals surface area contributed by atoms with Gasteiger partial charge in [0.05, 0.1) is 6.33 Å². The van der Waals surface area contributed by atoms with E-state index in [1.54, 1.807) is 6.33 Å². The maximum Gasteiger partial charge on any atom is 0.233 e. The maximum atomic E-state index is 5.97. The van der Waals surface area contributed by atoms with E-state index in [9.17, 15) is 0 Å². The van der Waals surface area contributed by atoms with Gasteiger partial charge in [-0.05, 0) is 32.9 Å². The maximum absolute atomic E-state index is 5.97. The molecule has 1 aromatic rings. The summed E-state index contributed by atoms with van der Waals surface area (Å²) in [5.41, 5.74) is 0. The molecule has 0 radical (unpaired) electrons. The molecule has 0 aliphatic carbocycles. The fraction of sp³-hybridized carbons (Fsp3) is 0.700. The van der Waals surface area contributed by atoms with Crippen molar-refractivity contribution in [3.63, 3.8) is 0 Å². The Bertz CT molecular complexity index is 320. The zero-order valence-electron chi connectivity index (χ0n) is 8.87. The minimum absolute atomic E-state index is 0.269. The van der Waals surface area contributed by atoms with E-state index in [-0.39, 0.29) is 6.10 Å². The summed E-state index contributed by atoms with van der Waals surface area (Å²) in [5.74, 6) is 0.714. The van der Waals surface area contributed by atoms with Crippen LogP contribution in [0, 0.1) is 0 Å². The Morgan fingerprint density at radius 2 is 2.33 bits per heavy atom. The Morgan fingerprint density at radius 1 is 1.60 bits per heavy atom. The van der Waals surface area contributed by atoms with Gasteiger partial charge >= 0.3 is 0 Å². The third kappa shape index (κ3) is 2.44. The summed E-state index contributed by atoms with van der Waals surface area (Å²) in [6.07, 6.45) is 4.06. The van der Waals surface area contributed by atoms with Gasteiger partial charge in [0.15, 0.2) is 5.15 Å². The zero-order chi connectivity index (χ0) is 10.7. The predicted octanol–water partition coefficient (Wildman–Crippen LogP) is 1.69. The molecule has 0 saturated carbocycles. The van der Waals surface area contributed by atoms with Crippen molar-refractivity contribution in [3.8, 4) is 5.88 Å². The van der Waals surface area contributed by atoms with Gasteiger partial charge in [-0.1, -0.05) is 11.6 Å². The minimum atomic E-state index is 0.269. The van der Waals surface area contributed by atoms with Crippen molar-refractivity contribution in [2.24, 2.45) is 0 Å². The van der Waals surface area contributed by atoms with Crippen LogP contribution in [0.5, 0.6) is 5.88 Å². The fourth-order valence-corrected chi connectivity index (χ4v) is 1.96. The summed E-state index contributed by atoms with van der Waals surface area (Å²) in [6, 6.07) is 0. The monoisotopic (exact) mass is 229 g/mol. The molecule has 1 aromatic heterocycles. The molecule has 1 saturated heterocycles. The van der Waals surface area contributed by atoms with Gasteiger partial charge in [0.25, 0.3) is 0 Å². The smallest absolute Gasteiger partial charge is 0.233 e. The number of nitrogens with zero attached hydrogens (tertiary/aromatic N) is 2. The Balaban J connectivity index is 2.04. The summed E-state index contributed by atoms with van der Waals surface area (Å²) in [4.78, 5) is 4.04. The molecule has 84 valence electrons. The zero-order valence-corrected chi connectivity index (χ0v) is 9.63. The van der Waals surface area contributed by atoms with Gasteiger partial charge in [-0.15, -0.1) is 0 Å². The lowest BCUT2D eigenvalue weighted by molar-refractivity contribution is 0.150. The van der Waals surface area contributed by atoms with Crippen LogP contribution in [0.2, 0.25) is 5.15 Å². The molecule has 0 unspecified atom stereocenters. The first-order valence-electron chi connectivity index (χ1n) is 5.39. The first-order valence-corrected chi connectivity index (χ1v) is 5.77. The highest BCUT2D eigenvalue weighted by atomic mass is 35.5. The number of halogens is 1. The molecule has 2 rings (SSSR count). The number of aryl methyl sites for hydroxylation is 1. The molecule has 4 nitrogen and oxygen atoms in total. The summed E-state index contributed by atoms with van der Waals surface area (Å²) < 4.78 is 7.81. The summed E-state index contributed by atoms with van der Waals surface area (Å²) in [6.45, 7) is 4.92. The highest BCUT2D eigenvalue weighted by Crippen LogP contribution is 2.25. The van der Waals surface area contributed by atoms with Crippen molar-refractivity contribution >= 4 is 11.6 Å². The number of nitrogens with one attached hydrogen (secondary N) is 1. The van der Waals surface area contributed by atoms with Crippen LogP contribution in [0.1, 0.15) is 19.8 Å². The highest BCUT2D eigenvalue weighted by Gasteiger charge is 2.18. The second-order valence-corrected chi connectivity index (χ2v) is 4.05. The number of imidazole rings is 1. The lowest BCUT2D eigenvalue weighted by Gasteiger charge is -2.24. The second-order valence-electron chi connectivity index (χ2n) is 3.69. The van der Waals surface area contributed by atoms with Gasteiger partial charge in [0.2, 0.25) is 5.88 Å². The van der Waals surface area contributed by atoms with Gasteiger partial charge in [-0.3, -0.25) is 0 Å². The van der Waals surface area contributed by atoms with Gasteiger partial charge in [0.1, 0.15) is 6.10 Å². The molecule has 5 heteroatoms. The van der Waals surface area contributed by atoms with E-state index in [0.717, 1.165) is 32.5 Å². The number of rotatable bonds is 3. The van der Waals surface area contributed by atoms with Gasteiger partial charge in [-0.25, -0.2) is 4.98 Å². The third-order valence-electron chi connectivity index (χ3n) is 2.65. The number of piperidine rings is 1. The number of hydrogen-bond acceptors (Lipinski definition) is 3. The fourth-order valence-electron chi connectivity index (χ4n) is 1.76. The van der Waals surface area contributed by atoms with Gasteiger partial charge < -0.3 is 14.6 Å². The Kier molecular flexibility index (Phi) is 3.49. The van der Waals surface area contributed by atoms with Crippen molar-refractivity contribution in [2.45, 2.75) is 32.4 Å². The summed E-state index contributed by atoms with van der Waals surface area (Å²) in [7, 11) is 0. The van der Waals surface area contributed by atoms with Crippen LogP contribution in [-0.4, -0.2) is 28.7 Å². The van der Waals surface area contributed by atoms with E-state index in [1.807, 2.05) is 11.5 Å². The topological polar surface area (TPSA) is 39.1 Å². The van der Waals surface area contributed by atoms with Crippen LogP contribution in [0.3, 0.4) is 0 Å². The molecule has 1 N–H and O–H groups in total. The van der Waals surface area contributed by atoms with Gasteiger partial charge in [0, 0.05) is 6.54 Å². The molecule has 0 atom stereocenters. The van der Waals surface area contributed by atoms with Crippen LogP contribution in [0.25, 0.3) is 0 Å². The predicted molar refractivity (Wildman–Crippen MR) is 59.4 cm³/mol. The Hall–Kier alpha value is -0.740. The normalized spacial score (nSPS) is 18.0. The Labute approximate surface area is 94.6 Å². The van der Waals surface area contributed by atoms with Crippen molar-refractivity contribution in [3.05, 3.63) is 11.5 Å². The standard InChI is InChI=1S/C10H16ClN3O/c1-2-14-7-13-9(11)10(14)15-8-3-5-12-6-4-8/h7-8,12H,2-6H2,1H3. The van der Waals surface area contributed by atoms with Crippen LogP contribution < -0.4 is 10.1 Å². The average molecular weight is 230 g/mol. The van der Waals surface area contributed by atoms with Crippen molar-refractivity contribution in [1.82, 2.24) is 14.9 Å². The highest BCUT2D eigenvalue weighted by molar-refractivity contribution is 6.30. The summed E-state index contributed by atoms with van der Waals surface area (Å²) in [5, 5.41) is 3.77. The second kappa shape index (κ2) is 4.86. The van der Waals surface area contributed by atoms with Crippen molar-refractivity contribution in [2.75, 3.05) is 13.1 Å². The molecule has 0 bridgehead atoms. The van der Waals surface area contributed by atoms with E-state index in [1.165, 1.54) is 0 Å². The molecular weight excluding hydrogens is 214 g/mol. The molecule has 0 spiro atoms.